The van der Waals surface area contributed by atoms with Gasteiger partial charge in [-0.2, -0.15) is 0 Å². The van der Waals surface area contributed by atoms with Crippen LogP contribution in [0.25, 0.3) is 5.69 Å². The number of anilines is 1. The van der Waals surface area contributed by atoms with Crippen molar-refractivity contribution < 1.29 is 0 Å². The highest BCUT2D eigenvalue weighted by molar-refractivity contribution is 6.33. The number of halogens is 1. The third kappa shape index (κ3) is 2.93. The van der Waals surface area contributed by atoms with Crippen LogP contribution in [0.3, 0.4) is 0 Å². The van der Waals surface area contributed by atoms with Gasteiger partial charge in [0.2, 0.25) is 0 Å². The number of para-hydroxylation sites is 1. The smallest absolute Gasteiger partial charge is 0.0992 e. The van der Waals surface area contributed by atoms with E-state index in [0.717, 1.165) is 11.4 Å². The predicted molar refractivity (Wildman–Crippen MR) is 87.1 cm³/mol. The summed E-state index contributed by atoms with van der Waals surface area (Å²) in [7, 11) is 0. The van der Waals surface area contributed by atoms with Gasteiger partial charge < -0.3 is 9.88 Å². The van der Waals surface area contributed by atoms with Gasteiger partial charge in [0, 0.05) is 18.4 Å². The van der Waals surface area contributed by atoms with Crippen molar-refractivity contribution in [1.29, 1.82) is 0 Å². The minimum Gasteiger partial charge on any atom is -0.377 e. The minimum atomic E-state index is 0.187. The molecule has 21 heavy (non-hydrogen) atoms. The molecule has 0 radical (unpaired) electrons. The maximum Gasteiger partial charge on any atom is 0.0992 e. The number of rotatable bonds is 4. The van der Waals surface area contributed by atoms with Gasteiger partial charge in [-0.15, -0.1) is 0 Å². The molecule has 0 aliphatic heterocycles. The molecule has 0 spiro atoms. The largest absolute Gasteiger partial charge is 0.377 e. The van der Waals surface area contributed by atoms with Gasteiger partial charge in [0.05, 0.1) is 22.7 Å². The Morgan fingerprint density at radius 1 is 1.10 bits per heavy atom. The molecule has 2 aromatic carbocycles. The lowest BCUT2D eigenvalue weighted by Crippen LogP contribution is -2.09. The van der Waals surface area contributed by atoms with Crippen LogP contribution in [-0.4, -0.2) is 9.55 Å². The standard InChI is InChI=1S/C17H16ClN3/c1-13(14-6-3-2-4-7-14)20-16-9-5-8-15(18)17(16)21-11-10-19-12-21/h2-13,20H,1H3. The number of hydrogen-bond acceptors (Lipinski definition) is 2. The van der Waals surface area contributed by atoms with Crippen molar-refractivity contribution >= 4 is 17.3 Å². The molecule has 1 heterocycles. The minimum absolute atomic E-state index is 0.187. The highest BCUT2D eigenvalue weighted by Gasteiger charge is 2.12. The van der Waals surface area contributed by atoms with E-state index in [4.69, 9.17) is 11.6 Å². The van der Waals surface area contributed by atoms with Crippen LogP contribution in [0, 0.1) is 0 Å². The normalized spacial score (nSPS) is 12.1. The maximum atomic E-state index is 6.36. The summed E-state index contributed by atoms with van der Waals surface area (Å²) < 4.78 is 1.92. The second-order valence-corrected chi connectivity index (χ2v) is 5.29. The van der Waals surface area contributed by atoms with Crippen molar-refractivity contribution in [1.82, 2.24) is 9.55 Å². The molecule has 0 fully saturated rings. The lowest BCUT2D eigenvalue weighted by Gasteiger charge is -2.19. The zero-order chi connectivity index (χ0) is 14.7. The number of nitrogens with zero attached hydrogens (tertiary/aromatic N) is 2. The molecule has 0 bridgehead atoms. The van der Waals surface area contributed by atoms with Crippen molar-refractivity contribution in [3.63, 3.8) is 0 Å². The van der Waals surface area contributed by atoms with E-state index in [1.165, 1.54) is 5.56 Å². The first-order valence-electron chi connectivity index (χ1n) is 6.84. The summed E-state index contributed by atoms with van der Waals surface area (Å²) >= 11 is 6.36. The van der Waals surface area contributed by atoms with Crippen LogP contribution in [0.5, 0.6) is 0 Å². The topological polar surface area (TPSA) is 29.9 Å². The van der Waals surface area contributed by atoms with Crippen LogP contribution < -0.4 is 5.32 Å². The van der Waals surface area contributed by atoms with Crippen molar-refractivity contribution in [3.8, 4) is 5.69 Å². The van der Waals surface area contributed by atoms with Gasteiger partial charge in [-0.1, -0.05) is 48.0 Å². The van der Waals surface area contributed by atoms with Crippen molar-refractivity contribution in [2.24, 2.45) is 0 Å². The SMILES string of the molecule is CC(Nc1cccc(Cl)c1-n1ccnc1)c1ccccc1. The molecule has 1 N–H and O–H groups in total. The van der Waals surface area contributed by atoms with Gasteiger partial charge in [0.1, 0.15) is 0 Å². The fourth-order valence-corrected chi connectivity index (χ4v) is 2.62. The summed E-state index contributed by atoms with van der Waals surface area (Å²) in [5, 5.41) is 4.22. The number of benzene rings is 2. The maximum absolute atomic E-state index is 6.36. The Balaban J connectivity index is 1.95. The Hall–Kier alpha value is -2.26. The molecule has 1 aromatic heterocycles. The third-order valence-electron chi connectivity index (χ3n) is 3.42. The van der Waals surface area contributed by atoms with Gasteiger partial charge in [-0.05, 0) is 24.6 Å². The third-order valence-corrected chi connectivity index (χ3v) is 3.73. The second-order valence-electron chi connectivity index (χ2n) is 4.88. The molecule has 3 aromatic rings. The fourth-order valence-electron chi connectivity index (χ4n) is 2.34. The van der Waals surface area contributed by atoms with E-state index in [2.05, 4.69) is 29.4 Å². The lowest BCUT2D eigenvalue weighted by atomic mass is 10.1. The van der Waals surface area contributed by atoms with E-state index in [0.29, 0.717) is 5.02 Å². The molecule has 0 amide bonds. The summed E-state index contributed by atoms with van der Waals surface area (Å²) in [5.41, 5.74) is 3.13. The van der Waals surface area contributed by atoms with E-state index >= 15 is 0 Å². The van der Waals surface area contributed by atoms with Crippen LogP contribution in [0.15, 0.2) is 67.3 Å². The molecule has 0 saturated carbocycles. The van der Waals surface area contributed by atoms with Crippen molar-refractivity contribution in [3.05, 3.63) is 77.8 Å². The van der Waals surface area contributed by atoms with Crippen molar-refractivity contribution in [2.75, 3.05) is 5.32 Å². The Kier molecular flexibility index (Phi) is 3.93. The zero-order valence-electron chi connectivity index (χ0n) is 11.7. The van der Waals surface area contributed by atoms with Crippen LogP contribution in [0.2, 0.25) is 5.02 Å². The summed E-state index contributed by atoms with van der Waals surface area (Å²) in [6.07, 6.45) is 5.38. The molecular formula is C17H16ClN3. The molecule has 3 nitrogen and oxygen atoms in total. The van der Waals surface area contributed by atoms with E-state index in [1.54, 1.807) is 12.5 Å². The van der Waals surface area contributed by atoms with Crippen LogP contribution >= 0.6 is 11.6 Å². The highest BCUT2D eigenvalue weighted by Crippen LogP contribution is 2.30. The van der Waals surface area contributed by atoms with Gasteiger partial charge in [0.15, 0.2) is 0 Å². The average molecular weight is 298 g/mol. The monoisotopic (exact) mass is 297 g/mol. The van der Waals surface area contributed by atoms with Crippen LogP contribution in [0.4, 0.5) is 5.69 Å². The quantitative estimate of drug-likeness (QED) is 0.756. The molecule has 1 atom stereocenters. The summed E-state index contributed by atoms with van der Waals surface area (Å²) in [5.74, 6) is 0. The molecule has 106 valence electrons. The van der Waals surface area contributed by atoms with E-state index in [-0.39, 0.29) is 6.04 Å². The average Bonchev–Trinajstić information content (AvgIpc) is 3.02. The summed E-state index contributed by atoms with van der Waals surface area (Å²) in [6.45, 7) is 2.13. The molecule has 0 aliphatic rings. The predicted octanol–water partition coefficient (Wildman–Crippen LogP) is 4.70. The summed E-state index contributed by atoms with van der Waals surface area (Å²) in [6, 6.07) is 16.4. The molecule has 1 unspecified atom stereocenters. The van der Waals surface area contributed by atoms with Crippen LogP contribution in [-0.2, 0) is 0 Å². The Bertz CT molecular complexity index is 708. The molecule has 3 rings (SSSR count). The highest BCUT2D eigenvalue weighted by atomic mass is 35.5. The zero-order valence-corrected chi connectivity index (χ0v) is 12.5. The van der Waals surface area contributed by atoms with Gasteiger partial charge in [0.25, 0.3) is 0 Å². The fraction of sp³-hybridized carbons (Fsp3) is 0.118. The molecule has 0 aliphatic carbocycles. The molecular weight excluding hydrogens is 282 g/mol. The van der Waals surface area contributed by atoms with Gasteiger partial charge in [-0.25, -0.2) is 4.98 Å². The first kappa shape index (κ1) is 13.7. The van der Waals surface area contributed by atoms with Crippen LogP contribution in [0.1, 0.15) is 18.5 Å². The van der Waals surface area contributed by atoms with E-state index < -0.39 is 0 Å². The summed E-state index contributed by atoms with van der Waals surface area (Å²) in [4.78, 5) is 4.09. The Morgan fingerprint density at radius 3 is 2.62 bits per heavy atom. The Labute approximate surface area is 129 Å². The van der Waals surface area contributed by atoms with Gasteiger partial charge >= 0.3 is 0 Å². The van der Waals surface area contributed by atoms with E-state index in [1.807, 2.05) is 47.2 Å². The van der Waals surface area contributed by atoms with E-state index in [9.17, 15) is 0 Å². The number of aromatic nitrogens is 2. The van der Waals surface area contributed by atoms with Gasteiger partial charge in [-0.3, -0.25) is 0 Å². The first-order chi connectivity index (χ1) is 10.3. The Morgan fingerprint density at radius 2 is 1.90 bits per heavy atom. The second kappa shape index (κ2) is 6.02. The molecule has 4 heteroatoms. The van der Waals surface area contributed by atoms with Crippen molar-refractivity contribution in [2.45, 2.75) is 13.0 Å². The molecule has 0 saturated heterocycles. The number of imidazole rings is 1. The lowest BCUT2D eigenvalue weighted by molar-refractivity contribution is 0.879. The first-order valence-corrected chi connectivity index (χ1v) is 7.22. The number of hydrogen-bond donors (Lipinski definition) is 1. The number of nitrogens with one attached hydrogen (secondary N) is 1.